The molecule has 0 saturated heterocycles. The van der Waals surface area contributed by atoms with Gasteiger partial charge in [-0.25, -0.2) is 8.42 Å². The van der Waals surface area contributed by atoms with Crippen LogP contribution in [-0.2, 0) is 10.0 Å². The van der Waals surface area contributed by atoms with Gasteiger partial charge in [0, 0.05) is 10.5 Å². The molecule has 162 valence electrons. The lowest BCUT2D eigenvalue weighted by molar-refractivity contribution is -0.510. The summed E-state index contributed by atoms with van der Waals surface area (Å²) in [5.41, 5.74) is 2.28. The van der Waals surface area contributed by atoms with Crippen LogP contribution in [0.1, 0.15) is 28.3 Å². The molecule has 0 unspecified atom stereocenters. The van der Waals surface area contributed by atoms with Crippen LogP contribution in [0.2, 0.25) is 0 Å². The molecular weight excluding hydrogens is 426 g/mol. The Morgan fingerprint density at radius 2 is 1.62 bits per heavy atom. The maximum absolute atomic E-state index is 13.1. The average molecular weight is 448 g/mol. The molecule has 3 aromatic carbocycles. The van der Waals surface area contributed by atoms with Gasteiger partial charge >= 0.3 is 0 Å². The number of sulfonamides is 1. The van der Waals surface area contributed by atoms with Crippen LogP contribution >= 0.6 is 0 Å². The van der Waals surface area contributed by atoms with Crippen LogP contribution < -0.4 is 4.72 Å². The molecule has 7 nitrogen and oxygen atoms in total. The smallest absolute Gasteiger partial charge is 0.258 e. The van der Waals surface area contributed by atoms with Crippen molar-refractivity contribution in [1.29, 1.82) is 5.26 Å². The van der Waals surface area contributed by atoms with Crippen LogP contribution in [0.3, 0.4) is 0 Å². The first-order valence-electron chi connectivity index (χ1n) is 9.69. The SMILES string of the molecule is C=C(c1ccccc1)[C@@H]([C@@H](NS(=O)(=O)c1ccc(C)cc1)c1ccc(C#N)cc1)[N+](=O)[O-]. The Hall–Kier alpha value is -3.80. The normalized spacial score (nSPS) is 13.0. The number of benzene rings is 3. The third kappa shape index (κ3) is 5.09. The molecule has 0 aliphatic rings. The van der Waals surface area contributed by atoms with Gasteiger partial charge in [0.05, 0.1) is 16.5 Å². The molecule has 0 saturated carbocycles. The minimum Gasteiger partial charge on any atom is -0.264 e. The molecule has 0 amide bonds. The van der Waals surface area contributed by atoms with E-state index in [9.17, 15) is 18.5 Å². The molecule has 0 aromatic heterocycles. The van der Waals surface area contributed by atoms with Crippen LogP contribution in [0.15, 0.2) is 90.3 Å². The maximum atomic E-state index is 13.1. The standard InChI is InChI=1S/C24H21N3O4S/c1-17-8-14-22(15-9-17)32(30,31)26-23(21-12-10-19(16-25)11-13-21)24(27(28)29)18(2)20-6-4-3-5-7-20/h3-15,23-24,26H,2H2,1H3/t23-,24-/m0/s1. The molecular formula is C24H21N3O4S. The summed E-state index contributed by atoms with van der Waals surface area (Å²) in [4.78, 5) is 11.6. The van der Waals surface area contributed by atoms with Crippen LogP contribution in [0.4, 0.5) is 0 Å². The van der Waals surface area contributed by atoms with Gasteiger partial charge < -0.3 is 0 Å². The zero-order chi connectivity index (χ0) is 23.3. The van der Waals surface area contributed by atoms with Crippen LogP contribution in [-0.4, -0.2) is 19.4 Å². The molecule has 0 bridgehead atoms. The largest absolute Gasteiger partial charge is 0.264 e. The van der Waals surface area contributed by atoms with E-state index in [2.05, 4.69) is 11.3 Å². The van der Waals surface area contributed by atoms with Crippen molar-refractivity contribution in [2.45, 2.75) is 23.9 Å². The minimum absolute atomic E-state index is 0.00540. The van der Waals surface area contributed by atoms with Gasteiger partial charge in [0.1, 0.15) is 6.04 Å². The van der Waals surface area contributed by atoms with E-state index in [0.717, 1.165) is 5.56 Å². The average Bonchev–Trinajstić information content (AvgIpc) is 2.79. The first-order chi connectivity index (χ1) is 15.2. The molecule has 0 radical (unpaired) electrons. The van der Waals surface area contributed by atoms with E-state index in [1.165, 1.54) is 36.4 Å². The van der Waals surface area contributed by atoms with Crippen molar-refractivity contribution in [3.05, 3.63) is 118 Å². The first-order valence-corrected chi connectivity index (χ1v) is 11.2. The van der Waals surface area contributed by atoms with Gasteiger partial charge in [0.2, 0.25) is 10.0 Å². The van der Waals surface area contributed by atoms with Gasteiger partial charge in [-0.15, -0.1) is 0 Å². The van der Waals surface area contributed by atoms with Crippen molar-refractivity contribution < 1.29 is 13.3 Å². The van der Waals surface area contributed by atoms with Crippen molar-refractivity contribution in [1.82, 2.24) is 4.72 Å². The van der Waals surface area contributed by atoms with E-state index in [4.69, 9.17) is 5.26 Å². The quantitative estimate of drug-likeness (QED) is 0.410. The number of nitriles is 1. The van der Waals surface area contributed by atoms with Crippen LogP contribution in [0.5, 0.6) is 0 Å². The topological polar surface area (TPSA) is 113 Å². The molecule has 0 fully saturated rings. The van der Waals surface area contributed by atoms with Crippen molar-refractivity contribution in [3.8, 4) is 6.07 Å². The van der Waals surface area contributed by atoms with Crippen LogP contribution in [0, 0.1) is 28.4 Å². The predicted octanol–water partition coefficient (Wildman–Crippen LogP) is 4.25. The number of nitrogens with one attached hydrogen (secondary N) is 1. The lowest BCUT2D eigenvalue weighted by atomic mass is 9.91. The Labute approximate surface area is 186 Å². The molecule has 0 spiro atoms. The summed E-state index contributed by atoms with van der Waals surface area (Å²) in [6, 6.07) is 20.0. The Morgan fingerprint density at radius 1 is 1.03 bits per heavy atom. The van der Waals surface area contributed by atoms with E-state index >= 15 is 0 Å². The molecule has 8 heteroatoms. The molecule has 2 atom stereocenters. The monoisotopic (exact) mass is 447 g/mol. The highest BCUT2D eigenvalue weighted by molar-refractivity contribution is 7.89. The van der Waals surface area contributed by atoms with Gasteiger partial charge in [0.25, 0.3) is 6.04 Å². The lowest BCUT2D eigenvalue weighted by Crippen LogP contribution is -2.40. The molecule has 32 heavy (non-hydrogen) atoms. The Morgan fingerprint density at radius 3 is 2.16 bits per heavy atom. The zero-order valence-electron chi connectivity index (χ0n) is 17.3. The predicted molar refractivity (Wildman–Crippen MR) is 122 cm³/mol. The van der Waals surface area contributed by atoms with Gasteiger partial charge in [-0.05, 0) is 42.3 Å². The van der Waals surface area contributed by atoms with E-state index in [1.807, 2.05) is 13.0 Å². The van der Waals surface area contributed by atoms with Crippen molar-refractivity contribution >= 4 is 15.6 Å². The Balaban J connectivity index is 2.10. The summed E-state index contributed by atoms with van der Waals surface area (Å²) in [7, 11) is -4.09. The number of hydrogen-bond acceptors (Lipinski definition) is 5. The van der Waals surface area contributed by atoms with Gasteiger partial charge in [-0.2, -0.15) is 9.98 Å². The van der Waals surface area contributed by atoms with Crippen molar-refractivity contribution in [2.24, 2.45) is 0 Å². The third-order valence-electron chi connectivity index (χ3n) is 5.06. The van der Waals surface area contributed by atoms with Gasteiger partial charge in [0.15, 0.2) is 0 Å². The van der Waals surface area contributed by atoms with E-state index < -0.39 is 27.0 Å². The number of nitrogens with zero attached hydrogens (tertiary/aromatic N) is 2. The second-order valence-corrected chi connectivity index (χ2v) is 8.98. The second-order valence-electron chi connectivity index (χ2n) is 7.27. The molecule has 3 rings (SSSR count). The summed E-state index contributed by atoms with van der Waals surface area (Å²) in [5.74, 6) is 0. The van der Waals surface area contributed by atoms with Crippen LogP contribution in [0.25, 0.3) is 5.57 Å². The highest BCUT2D eigenvalue weighted by Gasteiger charge is 2.39. The zero-order valence-corrected chi connectivity index (χ0v) is 18.1. The maximum Gasteiger partial charge on any atom is 0.258 e. The molecule has 3 aromatic rings. The highest BCUT2D eigenvalue weighted by Crippen LogP contribution is 2.31. The number of nitro groups is 1. The summed E-state index contributed by atoms with van der Waals surface area (Å²) in [5, 5.41) is 21.3. The fraction of sp³-hybridized carbons (Fsp3) is 0.125. The van der Waals surface area contributed by atoms with E-state index in [-0.39, 0.29) is 10.5 Å². The third-order valence-corrected chi connectivity index (χ3v) is 6.51. The molecule has 0 heterocycles. The highest BCUT2D eigenvalue weighted by atomic mass is 32.2. The summed E-state index contributed by atoms with van der Waals surface area (Å²) in [6.07, 6.45) is 0. The molecule has 0 aliphatic heterocycles. The van der Waals surface area contributed by atoms with Gasteiger partial charge in [-0.3, -0.25) is 10.1 Å². The number of rotatable bonds is 8. The van der Waals surface area contributed by atoms with E-state index in [1.54, 1.807) is 42.5 Å². The minimum atomic E-state index is -4.09. The summed E-state index contributed by atoms with van der Waals surface area (Å²) < 4.78 is 28.7. The van der Waals surface area contributed by atoms with Crippen molar-refractivity contribution in [3.63, 3.8) is 0 Å². The fourth-order valence-electron chi connectivity index (χ4n) is 3.31. The lowest BCUT2D eigenvalue weighted by Gasteiger charge is -2.24. The summed E-state index contributed by atoms with van der Waals surface area (Å²) >= 11 is 0. The Bertz CT molecular complexity index is 1260. The first kappa shape index (κ1) is 22.9. The second kappa shape index (κ2) is 9.56. The number of aryl methyl sites for hydroxylation is 1. The van der Waals surface area contributed by atoms with E-state index in [0.29, 0.717) is 16.7 Å². The number of hydrogen-bond donors (Lipinski definition) is 1. The van der Waals surface area contributed by atoms with Crippen molar-refractivity contribution in [2.75, 3.05) is 0 Å². The fourth-order valence-corrected chi connectivity index (χ4v) is 4.54. The Kier molecular flexibility index (Phi) is 6.83. The molecule has 0 aliphatic carbocycles. The molecule has 1 N–H and O–H groups in total. The summed E-state index contributed by atoms with van der Waals surface area (Å²) in [6.45, 7) is 5.74. The van der Waals surface area contributed by atoms with Gasteiger partial charge in [-0.1, -0.05) is 66.7 Å².